The lowest BCUT2D eigenvalue weighted by Crippen LogP contribution is -2.33. The van der Waals surface area contributed by atoms with E-state index < -0.39 is 0 Å². The molecule has 1 aliphatic rings. The average Bonchev–Trinajstić information content (AvgIpc) is 3.03. The van der Waals surface area contributed by atoms with E-state index in [0.29, 0.717) is 12.5 Å². The summed E-state index contributed by atoms with van der Waals surface area (Å²) in [5.74, 6) is 1.33. The molecule has 0 aromatic heterocycles. The number of benzene rings is 2. The minimum absolute atomic E-state index is 0.0992. The van der Waals surface area contributed by atoms with E-state index in [0.717, 1.165) is 29.8 Å². The number of methoxy groups -OCH3 is 1. The number of nitrogens with two attached hydrogens (primary N) is 1. The van der Waals surface area contributed by atoms with Gasteiger partial charge in [0.05, 0.1) is 7.11 Å². The van der Waals surface area contributed by atoms with Crippen LogP contribution in [0.4, 0.5) is 0 Å². The van der Waals surface area contributed by atoms with Crippen molar-refractivity contribution >= 4 is 5.91 Å². The van der Waals surface area contributed by atoms with Gasteiger partial charge >= 0.3 is 0 Å². The number of rotatable bonds is 4. The fraction of sp³-hybridized carbons (Fsp3) is 0.350. The fourth-order valence-electron chi connectivity index (χ4n) is 3.38. The van der Waals surface area contributed by atoms with Crippen LogP contribution in [0.3, 0.4) is 0 Å². The van der Waals surface area contributed by atoms with Crippen LogP contribution in [0.15, 0.2) is 48.5 Å². The first-order chi connectivity index (χ1) is 11.6. The maximum absolute atomic E-state index is 12.8. The highest BCUT2D eigenvalue weighted by Crippen LogP contribution is 2.33. The first kappa shape index (κ1) is 16.5. The SMILES string of the molecule is COc1ccc([C@@H]2C[C@H](C)N(C(=O)c3ccc(CN)cc3)C2)cc1. The molecule has 4 nitrogen and oxygen atoms in total. The van der Waals surface area contributed by atoms with Crippen molar-refractivity contribution in [2.45, 2.75) is 31.8 Å². The van der Waals surface area contributed by atoms with Gasteiger partial charge in [-0.2, -0.15) is 0 Å². The normalized spacial score (nSPS) is 20.2. The molecule has 1 fully saturated rings. The summed E-state index contributed by atoms with van der Waals surface area (Å²) < 4.78 is 5.22. The Morgan fingerprint density at radius 2 is 1.83 bits per heavy atom. The summed E-state index contributed by atoms with van der Waals surface area (Å²) in [4.78, 5) is 14.8. The second kappa shape index (κ2) is 7.05. The zero-order valence-corrected chi connectivity index (χ0v) is 14.2. The van der Waals surface area contributed by atoms with Gasteiger partial charge in [-0.3, -0.25) is 4.79 Å². The van der Waals surface area contributed by atoms with Crippen LogP contribution < -0.4 is 10.5 Å². The van der Waals surface area contributed by atoms with E-state index in [1.54, 1.807) is 7.11 Å². The Morgan fingerprint density at radius 3 is 2.42 bits per heavy atom. The van der Waals surface area contributed by atoms with E-state index in [-0.39, 0.29) is 11.9 Å². The molecule has 0 radical (unpaired) electrons. The van der Waals surface area contributed by atoms with Gasteiger partial charge in [0.1, 0.15) is 5.75 Å². The average molecular weight is 324 g/mol. The quantitative estimate of drug-likeness (QED) is 0.940. The van der Waals surface area contributed by atoms with E-state index in [1.807, 2.05) is 41.3 Å². The monoisotopic (exact) mass is 324 g/mol. The van der Waals surface area contributed by atoms with Crippen LogP contribution in [0.2, 0.25) is 0 Å². The van der Waals surface area contributed by atoms with Crippen LogP contribution in [0.1, 0.15) is 40.7 Å². The Bertz CT molecular complexity index is 695. The molecule has 1 heterocycles. The van der Waals surface area contributed by atoms with Crippen LogP contribution in [0, 0.1) is 0 Å². The van der Waals surface area contributed by atoms with Crippen LogP contribution in [0.25, 0.3) is 0 Å². The summed E-state index contributed by atoms with van der Waals surface area (Å²) in [5, 5.41) is 0. The highest BCUT2D eigenvalue weighted by molar-refractivity contribution is 5.94. The number of hydrogen-bond donors (Lipinski definition) is 1. The van der Waals surface area contributed by atoms with Gasteiger partial charge in [-0.05, 0) is 48.7 Å². The first-order valence-electron chi connectivity index (χ1n) is 8.36. The smallest absolute Gasteiger partial charge is 0.254 e. The van der Waals surface area contributed by atoms with Gasteiger partial charge in [0.25, 0.3) is 5.91 Å². The molecular weight excluding hydrogens is 300 g/mol. The van der Waals surface area contributed by atoms with Crippen molar-refractivity contribution < 1.29 is 9.53 Å². The Morgan fingerprint density at radius 1 is 1.17 bits per heavy atom. The molecule has 0 bridgehead atoms. The molecule has 3 rings (SSSR count). The predicted octanol–water partition coefficient (Wildman–Crippen LogP) is 3.17. The number of amides is 1. The number of likely N-dealkylation sites (tertiary alicyclic amines) is 1. The van der Waals surface area contributed by atoms with Crippen LogP contribution >= 0.6 is 0 Å². The zero-order valence-electron chi connectivity index (χ0n) is 14.2. The minimum Gasteiger partial charge on any atom is -0.497 e. The van der Waals surface area contributed by atoms with E-state index in [2.05, 4.69) is 19.1 Å². The molecule has 2 aromatic rings. The third-order valence-electron chi connectivity index (χ3n) is 4.86. The van der Waals surface area contributed by atoms with Gasteiger partial charge in [0.2, 0.25) is 0 Å². The summed E-state index contributed by atoms with van der Waals surface area (Å²) >= 11 is 0. The van der Waals surface area contributed by atoms with Gasteiger partial charge in [0.15, 0.2) is 0 Å². The lowest BCUT2D eigenvalue weighted by molar-refractivity contribution is 0.0746. The summed E-state index contributed by atoms with van der Waals surface area (Å²) in [7, 11) is 1.67. The van der Waals surface area contributed by atoms with Crippen LogP contribution in [-0.2, 0) is 6.54 Å². The molecule has 1 amide bonds. The molecule has 0 unspecified atom stereocenters. The van der Waals surface area contributed by atoms with Crippen LogP contribution in [-0.4, -0.2) is 30.5 Å². The Labute approximate surface area is 143 Å². The summed E-state index contributed by atoms with van der Waals surface area (Å²) in [5.41, 5.74) is 8.65. The summed E-state index contributed by atoms with van der Waals surface area (Å²) in [6.07, 6.45) is 0.985. The molecule has 0 aliphatic carbocycles. The van der Waals surface area contributed by atoms with Gasteiger partial charge in [-0.1, -0.05) is 24.3 Å². The maximum atomic E-state index is 12.8. The molecule has 24 heavy (non-hydrogen) atoms. The third kappa shape index (κ3) is 3.29. The highest BCUT2D eigenvalue weighted by atomic mass is 16.5. The van der Waals surface area contributed by atoms with E-state index in [1.165, 1.54) is 5.56 Å². The maximum Gasteiger partial charge on any atom is 0.254 e. The second-order valence-electron chi connectivity index (χ2n) is 6.41. The van der Waals surface area contributed by atoms with Gasteiger partial charge in [-0.15, -0.1) is 0 Å². The molecule has 4 heteroatoms. The molecule has 0 spiro atoms. The number of nitrogens with zero attached hydrogens (tertiary/aromatic N) is 1. The van der Waals surface area contributed by atoms with Crippen molar-refractivity contribution in [3.63, 3.8) is 0 Å². The molecule has 2 N–H and O–H groups in total. The van der Waals surface area contributed by atoms with Crippen molar-refractivity contribution in [2.24, 2.45) is 5.73 Å². The zero-order chi connectivity index (χ0) is 17.1. The van der Waals surface area contributed by atoms with E-state index >= 15 is 0 Å². The largest absolute Gasteiger partial charge is 0.497 e. The fourth-order valence-corrected chi connectivity index (χ4v) is 3.38. The lowest BCUT2D eigenvalue weighted by Gasteiger charge is -2.21. The Kier molecular flexibility index (Phi) is 4.86. The van der Waals surface area contributed by atoms with Crippen molar-refractivity contribution in [3.8, 4) is 5.75 Å². The first-order valence-corrected chi connectivity index (χ1v) is 8.36. The summed E-state index contributed by atoms with van der Waals surface area (Å²) in [6.45, 7) is 3.37. The molecule has 1 saturated heterocycles. The van der Waals surface area contributed by atoms with Crippen molar-refractivity contribution in [3.05, 3.63) is 65.2 Å². The van der Waals surface area contributed by atoms with E-state index in [4.69, 9.17) is 10.5 Å². The van der Waals surface area contributed by atoms with Crippen molar-refractivity contribution in [2.75, 3.05) is 13.7 Å². The second-order valence-corrected chi connectivity index (χ2v) is 6.41. The topological polar surface area (TPSA) is 55.6 Å². The van der Waals surface area contributed by atoms with Crippen LogP contribution in [0.5, 0.6) is 5.75 Å². The number of carbonyl (C=O) groups is 1. The lowest BCUT2D eigenvalue weighted by atomic mass is 9.97. The van der Waals surface area contributed by atoms with Gasteiger partial charge in [-0.25, -0.2) is 0 Å². The Balaban J connectivity index is 1.73. The molecule has 2 aromatic carbocycles. The molecule has 1 aliphatic heterocycles. The highest BCUT2D eigenvalue weighted by Gasteiger charge is 2.33. The number of carbonyl (C=O) groups excluding carboxylic acids is 1. The van der Waals surface area contributed by atoms with E-state index in [9.17, 15) is 4.79 Å². The van der Waals surface area contributed by atoms with Gasteiger partial charge in [0, 0.05) is 30.6 Å². The third-order valence-corrected chi connectivity index (χ3v) is 4.86. The molecule has 126 valence electrons. The standard InChI is InChI=1S/C20H24N2O2/c1-14-11-18(16-7-9-19(24-2)10-8-16)13-22(14)20(23)17-5-3-15(12-21)4-6-17/h3-10,14,18H,11-13,21H2,1-2H3/t14-,18+/m0/s1. The summed E-state index contributed by atoms with van der Waals surface area (Å²) in [6, 6.07) is 16.0. The van der Waals surface area contributed by atoms with Crippen molar-refractivity contribution in [1.82, 2.24) is 4.90 Å². The van der Waals surface area contributed by atoms with Gasteiger partial charge < -0.3 is 15.4 Å². The van der Waals surface area contributed by atoms with Crippen molar-refractivity contribution in [1.29, 1.82) is 0 Å². The molecule has 2 atom stereocenters. The number of ether oxygens (including phenoxy) is 1. The molecular formula is C20H24N2O2. The number of hydrogen-bond acceptors (Lipinski definition) is 3. The molecule has 0 saturated carbocycles. The predicted molar refractivity (Wildman–Crippen MR) is 95.2 cm³/mol. The Hall–Kier alpha value is -2.33. The minimum atomic E-state index is 0.0992.